The SMILES string of the molecule is CC(NCC=CC(=O)N1CCc2c(sc3ncnc(Nc4ccc(F)c(Cl)c4)c23)C1)C1CCCCC1. The van der Waals surface area contributed by atoms with E-state index < -0.39 is 5.82 Å². The molecule has 0 bridgehead atoms. The Morgan fingerprint density at radius 2 is 2.14 bits per heavy atom. The van der Waals surface area contributed by atoms with Crippen LogP contribution in [0.3, 0.4) is 0 Å². The van der Waals surface area contributed by atoms with Gasteiger partial charge in [0.2, 0.25) is 5.91 Å². The summed E-state index contributed by atoms with van der Waals surface area (Å²) in [6.45, 7) is 4.18. The fourth-order valence-electron chi connectivity index (χ4n) is 5.24. The maximum absolute atomic E-state index is 13.6. The van der Waals surface area contributed by atoms with Gasteiger partial charge in [0.05, 0.1) is 17.0 Å². The van der Waals surface area contributed by atoms with Crippen LogP contribution in [0.5, 0.6) is 0 Å². The number of fused-ring (bicyclic) bond motifs is 3. The second kappa shape index (κ2) is 11.2. The minimum atomic E-state index is -0.462. The highest BCUT2D eigenvalue weighted by Gasteiger charge is 2.26. The van der Waals surface area contributed by atoms with Crippen molar-refractivity contribution in [3.8, 4) is 0 Å². The number of nitrogens with zero attached hydrogens (tertiary/aromatic N) is 3. The van der Waals surface area contributed by atoms with Crippen molar-refractivity contribution in [1.29, 1.82) is 0 Å². The van der Waals surface area contributed by atoms with Gasteiger partial charge in [-0.3, -0.25) is 4.79 Å². The summed E-state index contributed by atoms with van der Waals surface area (Å²) in [7, 11) is 0. The molecule has 1 aliphatic heterocycles. The molecule has 1 saturated carbocycles. The molecule has 0 radical (unpaired) electrons. The largest absolute Gasteiger partial charge is 0.340 e. The number of hydrogen-bond acceptors (Lipinski definition) is 6. The van der Waals surface area contributed by atoms with E-state index in [0.29, 0.717) is 37.2 Å². The van der Waals surface area contributed by atoms with E-state index in [9.17, 15) is 9.18 Å². The number of anilines is 2. The normalized spacial score (nSPS) is 17.5. The predicted molar refractivity (Wildman–Crippen MR) is 144 cm³/mol. The van der Waals surface area contributed by atoms with Crippen LogP contribution < -0.4 is 10.6 Å². The molecule has 0 saturated heterocycles. The predicted octanol–water partition coefficient (Wildman–Crippen LogP) is 6.23. The van der Waals surface area contributed by atoms with Gasteiger partial charge in [-0.05, 0) is 55.9 Å². The lowest BCUT2D eigenvalue weighted by atomic mass is 9.84. The fraction of sp³-hybridized carbons (Fsp3) is 0.444. The Morgan fingerprint density at radius 1 is 1.31 bits per heavy atom. The van der Waals surface area contributed by atoms with Gasteiger partial charge in [-0.2, -0.15) is 0 Å². The van der Waals surface area contributed by atoms with Crippen LogP contribution in [0, 0.1) is 11.7 Å². The topological polar surface area (TPSA) is 70.2 Å². The zero-order valence-corrected chi connectivity index (χ0v) is 22.0. The van der Waals surface area contributed by atoms with Crippen LogP contribution in [-0.2, 0) is 17.8 Å². The smallest absolute Gasteiger partial charge is 0.246 e. The molecule has 1 atom stereocenters. The van der Waals surface area contributed by atoms with Gasteiger partial charge in [-0.1, -0.05) is 36.9 Å². The molecule has 2 aliphatic rings. The quantitative estimate of drug-likeness (QED) is 0.357. The van der Waals surface area contributed by atoms with Crippen LogP contribution in [0.15, 0.2) is 36.7 Å². The molecule has 1 fully saturated rings. The first-order valence-electron chi connectivity index (χ1n) is 12.7. The number of rotatable bonds is 7. The average molecular weight is 528 g/mol. The van der Waals surface area contributed by atoms with Gasteiger partial charge >= 0.3 is 0 Å². The Labute approximate surface area is 220 Å². The molecule has 2 N–H and O–H groups in total. The number of carbonyl (C=O) groups is 1. The number of amides is 1. The minimum Gasteiger partial charge on any atom is -0.340 e. The molecule has 1 aliphatic carbocycles. The van der Waals surface area contributed by atoms with Gasteiger partial charge in [0.15, 0.2) is 0 Å². The van der Waals surface area contributed by atoms with E-state index >= 15 is 0 Å². The Hall–Kier alpha value is -2.55. The standard InChI is InChI=1S/C27H31ClFN5OS/c1-17(18-6-3-2-4-7-18)30-12-5-8-24(35)34-13-11-20-23(15-34)36-27-25(20)26(31-16-32-27)33-19-9-10-22(29)21(28)14-19/h5,8-10,14,16-18,30H,2-4,6-7,11-13,15H2,1H3,(H,31,32,33). The second-order valence-corrected chi connectivity index (χ2v) is 11.2. The first-order valence-corrected chi connectivity index (χ1v) is 13.8. The highest BCUT2D eigenvalue weighted by atomic mass is 35.5. The molecule has 3 aromatic rings. The van der Waals surface area contributed by atoms with Crippen molar-refractivity contribution < 1.29 is 9.18 Å². The summed E-state index contributed by atoms with van der Waals surface area (Å²) < 4.78 is 13.6. The zero-order chi connectivity index (χ0) is 25.1. The lowest BCUT2D eigenvalue weighted by Crippen LogP contribution is -2.35. The van der Waals surface area contributed by atoms with E-state index in [4.69, 9.17) is 11.6 Å². The Bertz CT molecular complexity index is 1270. The van der Waals surface area contributed by atoms with Gasteiger partial charge in [0, 0.05) is 35.8 Å². The third-order valence-electron chi connectivity index (χ3n) is 7.31. The molecule has 1 aromatic carbocycles. The van der Waals surface area contributed by atoms with Crippen LogP contribution in [0.4, 0.5) is 15.9 Å². The number of carbonyl (C=O) groups excluding carboxylic acids is 1. The lowest BCUT2D eigenvalue weighted by molar-refractivity contribution is -0.126. The average Bonchev–Trinajstić information content (AvgIpc) is 3.28. The minimum absolute atomic E-state index is 0.0376. The maximum atomic E-state index is 13.6. The van der Waals surface area contributed by atoms with Gasteiger partial charge in [-0.25, -0.2) is 14.4 Å². The first-order chi connectivity index (χ1) is 17.5. The van der Waals surface area contributed by atoms with Gasteiger partial charge < -0.3 is 15.5 Å². The van der Waals surface area contributed by atoms with Gasteiger partial charge in [0.1, 0.15) is 22.8 Å². The summed E-state index contributed by atoms with van der Waals surface area (Å²) in [5.74, 6) is 0.990. The van der Waals surface area contributed by atoms with Crippen LogP contribution in [0.25, 0.3) is 10.2 Å². The molecular formula is C27H31ClFN5OS. The number of hydrogen-bond donors (Lipinski definition) is 2. The molecule has 1 unspecified atom stereocenters. The number of halogens is 2. The number of aromatic nitrogens is 2. The van der Waals surface area contributed by atoms with Crippen molar-refractivity contribution in [3.05, 3.63) is 58.0 Å². The third kappa shape index (κ3) is 5.56. The van der Waals surface area contributed by atoms with Gasteiger partial charge in [0.25, 0.3) is 0 Å². The summed E-state index contributed by atoms with van der Waals surface area (Å²) in [4.78, 5) is 25.7. The van der Waals surface area contributed by atoms with Crippen molar-refractivity contribution in [2.24, 2.45) is 5.92 Å². The molecule has 9 heteroatoms. The summed E-state index contributed by atoms with van der Waals surface area (Å²) in [6, 6.07) is 4.98. The Balaban J connectivity index is 1.23. The molecule has 2 aromatic heterocycles. The monoisotopic (exact) mass is 527 g/mol. The van der Waals surface area contributed by atoms with E-state index in [1.807, 2.05) is 11.0 Å². The van der Waals surface area contributed by atoms with E-state index in [-0.39, 0.29) is 10.9 Å². The Kier molecular flexibility index (Phi) is 7.84. The zero-order valence-electron chi connectivity index (χ0n) is 20.4. The van der Waals surface area contributed by atoms with Crippen molar-refractivity contribution in [1.82, 2.24) is 20.2 Å². The summed E-state index contributed by atoms with van der Waals surface area (Å²) in [5, 5.41) is 7.84. The molecule has 1 amide bonds. The number of benzene rings is 1. The fourth-order valence-corrected chi connectivity index (χ4v) is 6.62. The van der Waals surface area contributed by atoms with Crippen LogP contribution >= 0.6 is 22.9 Å². The summed E-state index contributed by atoms with van der Waals surface area (Å²) >= 11 is 7.53. The summed E-state index contributed by atoms with van der Waals surface area (Å²) in [5.41, 5.74) is 1.83. The first kappa shape index (κ1) is 25.1. The highest BCUT2D eigenvalue weighted by Crippen LogP contribution is 2.38. The van der Waals surface area contributed by atoms with E-state index in [1.54, 1.807) is 29.5 Å². The highest BCUT2D eigenvalue weighted by molar-refractivity contribution is 7.19. The van der Waals surface area contributed by atoms with Crippen molar-refractivity contribution >= 4 is 50.6 Å². The van der Waals surface area contributed by atoms with Crippen LogP contribution in [0.2, 0.25) is 5.02 Å². The molecule has 3 heterocycles. The second-order valence-electron chi connectivity index (χ2n) is 9.67. The van der Waals surface area contributed by atoms with E-state index in [1.165, 1.54) is 50.1 Å². The number of nitrogens with one attached hydrogen (secondary N) is 2. The third-order valence-corrected chi connectivity index (χ3v) is 8.72. The summed E-state index contributed by atoms with van der Waals surface area (Å²) in [6.07, 6.45) is 12.5. The molecule has 5 rings (SSSR count). The van der Waals surface area contributed by atoms with Crippen molar-refractivity contribution in [2.45, 2.75) is 58.0 Å². The Morgan fingerprint density at radius 3 is 2.94 bits per heavy atom. The van der Waals surface area contributed by atoms with Crippen LogP contribution in [-0.4, -0.2) is 39.9 Å². The van der Waals surface area contributed by atoms with Crippen LogP contribution in [0.1, 0.15) is 49.5 Å². The maximum Gasteiger partial charge on any atom is 0.246 e. The number of thiophene rings is 1. The van der Waals surface area contributed by atoms with E-state index in [0.717, 1.165) is 27.4 Å². The molecular weight excluding hydrogens is 497 g/mol. The van der Waals surface area contributed by atoms with Crippen molar-refractivity contribution in [3.63, 3.8) is 0 Å². The van der Waals surface area contributed by atoms with Gasteiger partial charge in [-0.15, -0.1) is 11.3 Å². The molecule has 190 valence electrons. The molecule has 0 spiro atoms. The molecule has 6 nitrogen and oxygen atoms in total. The molecule has 36 heavy (non-hydrogen) atoms. The van der Waals surface area contributed by atoms with Crippen molar-refractivity contribution in [2.75, 3.05) is 18.4 Å². The van der Waals surface area contributed by atoms with E-state index in [2.05, 4.69) is 27.5 Å². The lowest BCUT2D eigenvalue weighted by Gasteiger charge is -2.28.